The summed E-state index contributed by atoms with van der Waals surface area (Å²) in [5.41, 5.74) is 15.1. The number of hydrogen-bond acceptors (Lipinski definition) is 11. The lowest BCUT2D eigenvalue weighted by Crippen LogP contribution is -2.47. The molecule has 122 heavy (non-hydrogen) atoms. The Hall–Kier alpha value is -4.34. The van der Waals surface area contributed by atoms with Crippen molar-refractivity contribution in [2.45, 2.75) is 288 Å². The van der Waals surface area contributed by atoms with Crippen molar-refractivity contribution in [2.75, 3.05) is 124 Å². The lowest BCUT2D eigenvalue weighted by Gasteiger charge is -2.35. The molecule has 0 saturated carbocycles. The molecule has 19 heteroatoms. The number of benzene rings is 6. The minimum atomic E-state index is -0.662. The van der Waals surface area contributed by atoms with E-state index in [0.717, 1.165) is 189 Å². The van der Waals surface area contributed by atoms with Crippen molar-refractivity contribution in [3.05, 3.63) is 203 Å². The van der Waals surface area contributed by atoms with Crippen LogP contribution < -0.4 is 11.1 Å². The number of unbranched alkanes of at least 4 members (excludes halogenated alkanes) is 31. The molecule has 6 aromatic rings. The average Bonchev–Trinajstić information content (AvgIpc) is 0.854. The van der Waals surface area contributed by atoms with E-state index < -0.39 is 5.97 Å². The largest absolute Gasteiger partial charge is 0.481 e. The van der Waals surface area contributed by atoms with Gasteiger partial charge in [-0.05, 0) is 171 Å². The number of ether oxygens (including phenoxy) is 2. The lowest BCUT2D eigenvalue weighted by molar-refractivity contribution is -0.137. The number of aliphatic carboxylic acids is 1. The standard InChI is InChI=1S/C39H54BrN3O2.C28H35N3O.2C12H22BrClO.C12H23BrO2.H2/c40-26-14-6-4-2-1-3-5-13-21-38(44)41-37-24-22-34(23-25-37)16-15-27-42-28-30-43(31-29-42)32-33-45-39(35-17-9-7-10-18-35)36-19-11-8-12-20-36;29-27-15-13-24(14-16-27)8-7-17-30-18-20-31(21-19-30)22-23-32-28(25-9-3-1-4-10-25)26-11-5-2-6-12-26;3*13-11-9-7-5-3-1-2-4-6-8-10-12(14)15;/h7-12,17-20,22-25,39H,1-6,13-16,21,26-33H2,(H,41,44);1-6,9-16,28H,7-8,17-23,29H2;2*1-11H2;1-11H2,(H,14,15);1H. The molecule has 0 radical (unpaired) electrons. The van der Waals surface area contributed by atoms with Crippen LogP contribution in [0.25, 0.3) is 0 Å². The maximum absolute atomic E-state index is 12.3. The zero-order valence-corrected chi connectivity index (χ0v) is 82.3. The van der Waals surface area contributed by atoms with Gasteiger partial charge in [0.25, 0.3) is 0 Å². The van der Waals surface area contributed by atoms with Crippen molar-refractivity contribution in [3.63, 3.8) is 0 Å². The highest BCUT2D eigenvalue weighted by molar-refractivity contribution is 9.09. The number of amides is 1. The van der Waals surface area contributed by atoms with Crippen LogP contribution in [0.3, 0.4) is 0 Å². The van der Waals surface area contributed by atoms with E-state index in [1.807, 2.05) is 12.1 Å². The minimum absolute atomic E-state index is 0. The summed E-state index contributed by atoms with van der Waals surface area (Å²) in [7, 11) is 0. The van der Waals surface area contributed by atoms with E-state index in [-0.39, 0.29) is 30.0 Å². The Morgan fingerprint density at radius 2 is 0.574 bits per heavy atom. The van der Waals surface area contributed by atoms with E-state index in [9.17, 15) is 19.2 Å². The fourth-order valence-corrected chi connectivity index (χ4v) is 17.1. The minimum Gasteiger partial charge on any atom is -0.481 e. The number of piperazine rings is 2. The number of nitrogens with one attached hydrogen (secondary N) is 1. The van der Waals surface area contributed by atoms with Crippen molar-refractivity contribution in [1.29, 1.82) is 0 Å². The fourth-order valence-electron chi connectivity index (χ4n) is 15.3. The van der Waals surface area contributed by atoms with Crippen molar-refractivity contribution < 1.29 is 35.2 Å². The van der Waals surface area contributed by atoms with Gasteiger partial charge in [-0.3, -0.25) is 29.0 Å². The van der Waals surface area contributed by atoms with Crippen LogP contribution in [-0.2, 0) is 41.5 Å². The van der Waals surface area contributed by atoms with E-state index in [1.165, 1.54) is 220 Å². The Morgan fingerprint density at radius 1 is 0.328 bits per heavy atom. The summed E-state index contributed by atoms with van der Waals surface area (Å²) in [6.45, 7) is 14.6. The third-order valence-electron chi connectivity index (χ3n) is 22.6. The molecule has 0 aromatic heterocycles. The molecule has 13 nitrogen and oxygen atoms in total. The summed E-state index contributed by atoms with van der Waals surface area (Å²) in [5, 5.41) is 15.7. The number of aryl methyl sites for hydroxylation is 2. The zero-order valence-electron chi connectivity index (χ0n) is 74.5. The first-order valence-corrected chi connectivity index (χ1v) is 52.4. The predicted octanol–water partition coefficient (Wildman–Crippen LogP) is 28.2. The first-order valence-electron chi connectivity index (χ1n) is 47.2. The SMILES string of the molecule is Nc1ccc(CCCN2CCN(CCOC(c3ccccc3)c3ccccc3)CC2)cc1.O=C(CCCCCCCCCCBr)Nc1ccc(CCCN2CCN(CCOC(c3ccccc3)c3ccccc3)CC2)cc1.O=C(Cl)CCCCCCCCCCCBr.O=C(Cl)CCCCCCCCCCCBr.O=C(O)CCCCCCCCCCCBr.[HH]. The Bertz CT molecular complexity index is 3250. The fraction of sp³-hybridized carbons (Fsp3) is 0.612. The van der Waals surface area contributed by atoms with Crippen LogP contribution in [0.2, 0.25) is 0 Å². The zero-order chi connectivity index (χ0) is 87.4. The highest BCUT2D eigenvalue weighted by Gasteiger charge is 2.22. The number of nitrogens with two attached hydrogens (primary N) is 1. The number of hydrogen-bond donors (Lipinski definition) is 3. The first-order chi connectivity index (χ1) is 59.8. The Kier molecular flexibility index (Phi) is 70.1. The maximum Gasteiger partial charge on any atom is 0.303 e. The summed E-state index contributed by atoms with van der Waals surface area (Å²) in [6.07, 6.45) is 50.3. The molecule has 6 aromatic carbocycles. The molecule has 2 aliphatic rings. The number of halogens is 6. The molecule has 8 rings (SSSR count). The summed E-state index contributed by atoms with van der Waals surface area (Å²) >= 11 is 24.3. The van der Waals surface area contributed by atoms with Gasteiger partial charge in [0.15, 0.2) is 0 Å². The Labute approximate surface area is 784 Å². The molecule has 2 aliphatic heterocycles. The van der Waals surface area contributed by atoms with Crippen LogP contribution in [0.1, 0.15) is 310 Å². The highest BCUT2D eigenvalue weighted by atomic mass is 79.9. The smallest absolute Gasteiger partial charge is 0.303 e. The molecule has 1 amide bonds. The van der Waals surface area contributed by atoms with Crippen LogP contribution >= 0.6 is 86.9 Å². The molecule has 4 N–H and O–H groups in total. The molecule has 2 saturated heterocycles. The molecule has 684 valence electrons. The van der Waals surface area contributed by atoms with Crippen molar-refractivity contribution in [3.8, 4) is 0 Å². The average molecular weight is 1980 g/mol. The van der Waals surface area contributed by atoms with E-state index in [1.54, 1.807) is 0 Å². The van der Waals surface area contributed by atoms with Gasteiger partial charge in [-0.1, -0.05) is 383 Å². The summed E-state index contributed by atoms with van der Waals surface area (Å²) in [4.78, 5) is 53.7. The highest BCUT2D eigenvalue weighted by Crippen LogP contribution is 2.28. The predicted molar refractivity (Wildman–Crippen MR) is 536 cm³/mol. The van der Waals surface area contributed by atoms with Crippen molar-refractivity contribution in [1.82, 2.24) is 19.6 Å². The second-order valence-corrected chi connectivity index (χ2v) is 37.0. The van der Waals surface area contributed by atoms with Crippen molar-refractivity contribution >= 4 is 121 Å². The normalized spacial score (nSPS) is 13.1. The number of carbonyl (C=O) groups excluding carboxylic acids is 3. The number of carbonyl (C=O) groups is 4. The van der Waals surface area contributed by atoms with Crippen LogP contribution in [0.5, 0.6) is 0 Å². The van der Waals surface area contributed by atoms with E-state index in [4.69, 9.17) is 43.5 Å². The van der Waals surface area contributed by atoms with E-state index >= 15 is 0 Å². The summed E-state index contributed by atoms with van der Waals surface area (Å²) in [5.74, 6) is -0.525. The Morgan fingerprint density at radius 3 is 0.844 bits per heavy atom. The number of alkyl halides is 4. The second-order valence-electron chi connectivity index (χ2n) is 32.9. The van der Waals surface area contributed by atoms with Gasteiger partial charge in [0, 0.05) is 125 Å². The van der Waals surface area contributed by atoms with Gasteiger partial charge in [0.05, 0.1) is 13.2 Å². The van der Waals surface area contributed by atoms with Crippen LogP contribution in [0.15, 0.2) is 170 Å². The molecule has 0 aliphatic carbocycles. The molecule has 0 atom stereocenters. The third kappa shape index (κ3) is 60.4. The van der Waals surface area contributed by atoms with Crippen molar-refractivity contribution in [2.24, 2.45) is 0 Å². The molecule has 0 spiro atoms. The number of nitrogen functional groups attached to an aromatic ring is 1. The van der Waals surface area contributed by atoms with Gasteiger partial charge in [-0.2, -0.15) is 0 Å². The summed E-state index contributed by atoms with van der Waals surface area (Å²) < 4.78 is 12.9. The molecule has 2 fully saturated rings. The van der Waals surface area contributed by atoms with Crippen LogP contribution in [0, 0.1) is 0 Å². The molecule has 0 bridgehead atoms. The van der Waals surface area contributed by atoms with Gasteiger partial charge >= 0.3 is 5.97 Å². The Balaban J connectivity index is 0.000000434. The number of carboxylic acid groups (broad SMARTS) is 1. The van der Waals surface area contributed by atoms with Gasteiger partial charge in [-0.25, -0.2) is 0 Å². The number of anilines is 2. The van der Waals surface area contributed by atoms with Crippen LogP contribution in [-0.4, -0.2) is 160 Å². The molecule has 0 unspecified atom stereocenters. The first kappa shape index (κ1) is 110. The van der Waals surface area contributed by atoms with Gasteiger partial charge < -0.3 is 35.4 Å². The molecule has 2 heterocycles. The summed E-state index contributed by atoms with van der Waals surface area (Å²) in [6, 6.07) is 58.9. The number of rotatable bonds is 64. The van der Waals surface area contributed by atoms with Gasteiger partial charge in [0.2, 0.25) is 16.4 Å². The van der Waals surface area contributed by atoms with Crippen LogP contribution in [0.4, 0.5) is 11.4 Å². The van der Waals surface area contributed by atoms with E-state index in [2.05, 4.69) is 246 Å². The van der Waals surface area contributed by atoms with E-state index in [0.29, 0.717) is 25.7 Å². The maximum atomic E-state index is 12.3. The number of nitrogens with zero attached hydrogens (tertiary/aromatic N) is 4. The quantitative estimate of drug-likeness (QED) is 0.0144. The number of carboxylic acids is 1. The topological polar surface area (TPSA) is 158 Å². The molecular weight excluding hydrogens is 1820 g/mol. The lowest BCUT2D eigenvalue weighted by atomic mass is 10.0. The van der Waals surface area contributed by atoms with Gasteiger partial charge in [0.1, 0.15) is 12.2 Å². The monoisotopic (exact) mass is 1980 g/mol. The van der Waals surface area contributed by atoms with Gasteiger partial charge in [-0.15, -0.1) is 0 Å². The third-order valence-corrected chi connectivity index (χ3v) is 25.3. The second kappa shape index (κ2) is 77.8. The molecular formula is C103H158Br4Cl2N6O7.